The highest BCUT2D eigenvalue weighted by Gasteiger charge is 2.51. The van der Waals surface area contributed by atoms with E-state index in [2.05, 4.69) is 10.9 Å². The average Bonchev–Trinajstić information content (AvgIpc) is 2.60. The molecule has 5 rings (SSSR count). The molecule has 0 atom stereocenters. The van der Waals surface area contributed by atoms with Crippen molar-refractivity contribution in [1.82, 2.24) is 10.9 Å². The summed E-state index contributed by atoms with van der Waals surface area (Å²) in [6.07, 6.45) is 8.68. The van der Waals surface area contributed by atoms with Crippen LogP contribution in [0.4, 0.5) is 0 Å². The predicted molar refractivity (Wildman–Crippen MR) is 108 cm³/mol. The molecule has 4 nitrogen and oxygen atoms in total. The van der Waals surface area contributed by atoms with Gasteiger partial charge in [-0.25, -0.2) is 0 Å². The van der Waals surface area contributed by atoms with Gasteiger partial charge in [0.2, 0.25) is 11.8 Å². The monoisotopic (exact) mass is 406 g/mol. The number of nitrogens with one attached hydrogen (secondary N) is 2. The zero-order valence-corrected chi connectivity index (χ0v) is 17.1. The summed E-state index contributed by atoms with van der Waals surface area (Å²) < 4.78 is 0. The van der Waals surface area contributed by atoms with Crippen LogP contribution >= 0.6 is 23.4 Å². The second-order valence-electron chi connectivity index (χ2n) is 8.74. The summed E-state index contributed by atoms with van der Waals surface area (Å²) in [4.78, 5) is 25.5. The molecule has 0 saturated heterocycles. The number of amides is 2. The maximum atomic E-state index is 12.4. The fourth-order valence-corrected chi connectivity index (χ4v) is 6.86. The summed E-state index contributed by atoms with van der Waals surface area (Å²) in [7, 11) is 0. The normalized spacial score (nSPS) is 30.9. The van der Waals surface area contributed by atoms with E-state index in [1.807, 2.05) is 24.3 Å². The van der Waals surface area contributed by atoms with E-state index in [0.29, 0.717) is 23.6 Å². The molecular weight excluding hydrogens is 380 g/mol. The standard InChI is InChI=1S/C21H27ClN2O2S/c22-17-1-3-18(4-2-17)27-6-5-19(25)23-24-20(26)13-21-10-14-7-15(11-21)9-16(8-14)12-21/h1-4,14-16H,5-13H2,(H,23,25)(H,24,26). The molecule has 0 heterocycles. The Balaban J connectivity index is 1.17. The molecule has 6 heteroatoms. The molecule has 0 spiro atoms. The second kappa shape index (κ2) is 8.04. The molecule has 4 aliphatic carbocycles. The summed E-state index contributed by atoms with van der Waals surface area (Å²) in [6, 6.07) is 7.57. The van der Waals surface area contributed by atoms with Crippen LogP contribution in [0.25, 0.3) is 0 Å². The highest BCUT2D eigenvalue weighted by molar-refractivity contribution is 7.99. The van der Waals surface area contributed by atoms with Crippen molar-refractivity contribution in [1.29, 1.82) is 0 Å². The van der Waals surface area contributed by atoms with E-state index >= 15 is 0 Å². The van der Waals surface area contributed by atoms with Gasteiger partial charge in [-0.15, -0.1) is 11.8 Å². The highest BCUT2D eigenvalue weighted by Crippen LogP contribution is 2.61. The number of rotatable bonds is 6. The van der Waals surface area contributed by atoms with E-state index in [0.717, 1.165) is 22.6 Å². The Kier molecular flexibility index (Phi) is 5.70. The average molecular weight is 407 g/mol. The predicted octanol–water partition coefficient (Wildman–Crippen LogP) is 4.58. The van der Waals surface area contributed by atoms with Crippen LogP contribution in [0, 0.1) is 23.2 Å². The van der Waals surface area contributed by atoms with Crippen molar-refractivity contribution in [3.05, 3.63) is 29.3 Å². The first-order valence-electron chi connectivity index (χ1n) is 9.96. The lowest BCUT2D eigenvalue weighted by Crippen LogP contribution is -2.50. The molecule has 4 saturated carbocycles. The maximum absolute atomic E-state index is 12.4. The van der Waals surface area contributed by atoms with E-state index in [1.165, 1.54) is 38.5 Å². The van der Waals surface area contributed by atoms with E-state index in [1.54, 1.807) is 11.8 Å². The van der Waals surface area contributed by atoms with E-state index in [4.69, 9.17) is 11.6 Å². The third-order valence-corrected chi connectivity index (χ3v) is 7.72. The van der Waals surface area contributed by atoms with Crippen LogP contribution in [0.2, 0.25) is 5.02 Å². The first-order chi connectivity index (χ1) is 13.0. The molecule has 0 radical (unpaired) electrons. The molecule has 1 aromatic rings. The van der Waals surface area contributed by atoms with Crippen LogP contribution < -0.4 is 10.9 Å². The molecule has 0 aliphatic heterocycles. The highest BCUT2D eigenvalue weighted by atomic mass is 35.5. The lowest BCUT2D eigenvalue weighted by atomic mass is 9.49. The van der Waals surface area contributed by atoms with Gasteiger partial charge >= 0.3 is 0 Å². The van der Waals surface area contributed by atoms with Gasteiger partial charge in [0.25, 0.3) is 0 Å². The van der Waals surface area contributed by atoms with Crippen molar-refractivity contribution in [2.24, 2.45) is 23.2 Å². The number of hydrogen-bond donors (Lipinski definition) is 2. The zero-order chi connectivity index (χ0) is 18.9. The molecule has 4 fully saturated rings. The van der Waals surface area contributed by atoms with Crippen LogP contribution in [0.5, 0.6) is 0 Å². The van der Waals surface area contributed by atoms with Crippen molar-refractivity contribution in [2.45, 2.75) is 56.3 Å². The minimum Gasteiger partial charge on any atom is -0.273 e. The Morgan fingerprint density at radius 3 is 2.11 bits per heavy atom. The van der Waals surface area contributed by atoms with E-state index in [9.17, 15) is 9.59 Å². The summed E-state index contributed by atoms with van der Waals surface area (Å²) >= 11 is 7.47. The van der Waals surface area contributed by atoms with Crippen molar-refractivity contribution >= 4 is 35.2 Å². The van der Waals surface area contributed by atoms with Gasteiger partial charge in [0, 0.05) is 28.5 Å². The van der Waals surface area contributed by atoms with Crippen LogP contribution in [0.3, 0.4) is 0 Å². The first kappa shape index (κ1) is 19.1. The van der Waals surface area contributed by atoms with Gasteiger partial charge < -0.3 is 0 Å². The molecule has 146 valence electrons. The summed E-state index contributed by atoms with van der Waals surface area (Å²) in [5, 5.41) is 0.707. The number of halogens is 1. The Morgan fingerprint density at radius 1 is 0.963 bits per heavy atom. The van der Waals surface area contributed by atoms with Crippen LogP contribution in [0.1, 0.15) is 51.4 Å². The van der Waals surface area contributed by atoms with Gasteiger partial charge in [0.15, 0.2) is 0 Å². The molecule has 0 aromatic heterocycles. The van der Waals surface area contributed by atoms with Crippen LogP contribution in [0.15, 0.2) is 29.2 Å². The Bertz CT molecular complexity index is 671. The first-order valence-corrected chi connectivity index (χ1v) is 11.3. The third kappa shape index (κ3) is 4.80. The number of hydrogen-bond acceptors (Lipinski definition) is 3. The topological polar surface area (TPSA) is 58.2 Å². The molecular formula is C21H27ClN2O2S. The minimum absolute atomic E-state index is 0.0318. The number of hydrazine groups is 1. The third-order valence-electron chi connectivity index (χ3n) is 6.45. The molecule has 4 aliphatic rings. The molecule has 27 heavy (non-hydrogen) atoms. The Morgan fingerprint density at radius 2 is 1.52 bits per heavy atom. The largest absolute Gasteiger partial charge is 0.273 e. The number of thioether (sulfide) groups is 1. The van der Waals surface area contributed by atoms with Gasteiger partial charge in [0.1, 0.15) is 0 Å². The summed E-state index contributed by atoms with van der Waals surface area (Å²) in [6.45, 7) is 0. The second-order valence-corrected chi connectivity index (χ2v) is 10.3. The fourth-order valence-electron chi connectivity index (χ4n) is 5.89. The van der Waals surface area contributed by atoms with Crippen molar-refractivity contribution < 1.29 is 9.59 Å². The molecule has 0 unspecified atom stereocenters. The van der Waals surface area contributed by atoms with E-state index < -0.39 is 0 Å². The molecule has 2 amide bonds. The quantitative estimate of drug-likeness (QED) is 0.537. The lowest BCUT2D eigenvalue weighted by Gasteiger charge is -2.56. The van der Waals surface area contributed by atoms with Crippen LogP contribution in [-0.2, 0) is 9.59 Å². The fraction of sp³-hybridized carbons (Fsp3) is 0.619. The molecule has 4 bridgehead atoms. The van der Waals surface area contributed by atoms with Crippen LogP contribution in [-0.4, -0.2) is 17.6 Å². The van der Waals surface area contributed by atoms with Gasteiger partial charge in [-0.3, -0.25) is 20.4 Å². The van der Waals surface area contributed by atoms with Gasteiger partial charge in [-0.2, -0.15) is 0 Å². The van der Waals surface area contributed by atoms with Crippen molar-refractivity contribution in [2.75, 3.05) is 5.75 Å². The zero-order valence-electron chi connectivity index (χ0n) is 15.5. The molecule has 1 aromatic carbocycles. The smallest absolute Gasteiger partial charge is 0.239 e. The van der Waals surface area contributed by atoms with Gasteiger partial charge in [-0.1, -0.05) is 11.6 Å². The van der Waals surface area contributed by atoms with E-state index in [-0.39, 0.29) is 17.2 Å². The van der Waals surface area contributed by atoms with Gasteiger partial charge in [-0.05, 0) is 86.0 Å². The van der Waals surface area contributed by atoms with Crippen molar-refractivity contribution in [3.63, 3.8) is 0 Å². The maximum Gasteiger partial charge on any atom is 0.239 e. The Hall–Kier alpha value is -1.20. The SMILES string of the molecule is O=C(CCSc1ccc(Cl)cc1)NNC(=O)CC12CC3CC(CC(C3)C1)C2. The molecule has 2 N–H and O–H groups in total. The number of benzene rings is 1. The van der Waals surface area contributed by atoms with Gasteiger partial charge in [0.05, 0.1) is 0 Å². The number of carbonyl (C=O) groups excluding carboxylic acids is 2. The lowest BCUT2D eigenvalue weighted by molar-refractivity contribution is -0.134. The summed E-state index contributed by atoms with van der Waals surface area (Å²) in [5.74, 6) is 3.00. The Labute approximate surface area is 170 Å². The minimum atomic E-state index is -0.143. The number of carbonyl (C=O) groups is 2. The van der Waals surface area contributed by atoms with Crippen molar-refractivity contribution in [3.8, 4) is 0 Å². The summed E-state index contributed by atoms with van der Waals surface area (Å²) in [5.41, 5.74) is 5.44.